The van der Waals surface area contributed by atoms with E-state index in [4.69, 9.17) is 16.3 Å². The normalized spacial score (nSPS) is 11.3. The van der Waals surface area contributed by atoms with Gasteiger partial charge in [-0.2, -0.15) is 0 Å². The van der Waals surface area contributed by atoms with Crippen LogP contribution < -0.4 is 10.6 Å². The van der Waals surface area contributed by atoms with Gasteiger partial charge >= 0.3 is 0 Å². The number of amides is 1. The molecule has 1 amide bonds. The molecule has 0 aliphatic rings. The van der Waals surface area contributed by atoms with Gasteiger partial charge in [0.1, 0.15) is 6.54 Å². The van der Waals surface area contributed by atoms with Crippen LogP contribution in [0.4, 0.5) is 0 Å². The van der Waals surface area contributed by atoms with Gasteiger partial charge in [-0.1, -0.05) is 11.6 Å². The van der Waals surface area contributed by atoms with Gasteiger partial charge in [-0.25, -0.2) is 4.99 Å². The van der Waals surface area contributed by atoms with Crippen LogP contribution in [0.3, 0.4) is 0 Å². The molecular formula is C17H27ClN4O2S. The lowest BCUT2D eigenvalue weighted by atomic mass is 10.4. The summed E-state index contributed by atoms with van der Waals surface area (Å²) in [5.41, 5.74) is 0. The first kappa shape index (κ1) is 21.6. The zero-order chi connectivity index (χ0) is 18.5. The minimum atomic E-state index is -0.0338. The van der Waals surface area contributed by atoms with Crippen LogP contribution in [0.2, 0.25) is 5.02 Å². The topological polar surface area (TPSA) is 66.0 Å². The molecule has 0 aliphatic carbocycles. The molecule has 8 heteroatoms. The van der Waals surface area contributed by atoms with Gasteiger partial charge in [0.2, 0.25) is 5.91 Å². The van der Waals surface area contributed by atoms with Gasteiger partial charge in [0.15, 0.2) is 5.96 Å². The fraction of sp³-hybridized carbons (Fsp3) is 0.529. The Morgan fingerprint density at radius 2 is 1.92 bits per heavy atom. The zero-order valence-corrected chi connectivity index (χ0v) is 16.6. The Bertz CT molecular complexity index is 538. The molecule has 6 nitrogen and oxygen atoms in total. The Labute approximate surface area is 159 Å². The van der Waals surface area contributed by atoms with Gasteiger partial charge in [0, 0.05) is 56.6 Å². The summed E-state index contributed by atoms with van der Waals surface area (Å²) >= 11 is 7.62. The molecule has 0 fully saturated rings. The molecule has 0 heterocycles. The van der Waals surface area contributed by atoms with Gasteiger partial charge in [-0.15, -0.1) is 11.8 Å². The van der Waals surface area contributed by atoms with Gasteiger partial charge in [-0.05, 0) is 30.7 Å². The first-order valence-electron chi connectivity index (χ1n) is 8.12. The largest absolute Gasteiger partial charge is 0.385 e. The third kappa shape index (κ3) is 10.2. The Morgan fingerprint density at radius 3 is 2.56 bits per heavy atom. The number of guanidine groups is 1. The molecule has 0 bridgehead atoms. The van der Waals surface area contributed by atoms with Crippen LogP contribution in [0.5, 0.6) is 0 Å². The smallest absolute Gasteiger partial charge is 0.243 e. The highest BCUT2D eigenvalue weighted by atomic mass is 35.5. The summed E-state index contributed by atoms with van der Waals surface area (Å²) in [6.45, 7) is 2.28. The second-order valence-electron chi connectivity index (χ2n) is 5.46. The maximum absolute atomic E-state index is 11.7. The van der Waals surface area contributed by atoms with Crippen molar-refractivity contribution < 1.29 is 9.53 Å². The molecule has 0 spiro atoms. The number of hydrogen-bond acceptors (Lipinski definition) is 4. The molecule has 1 aromatic rings. The number of carbonyl (C=O) groups excluding carboxylic acids is 1. The summed E-state index contributed by atoms with van der Waals surface area (Å²) in [6.07, 6.45) is 0.873. The first-order chi connectivity index (χ1) is 12.0. The summed E-state index contributed by atoms with van der Waals surface area (Å²) in [7, 11) is 5.12. The van der Waals surface area contributed by atoms with Gasteiger partial charge < -0.3 is 20.3 Å². The number of nitrogens with one attached hydrogen (secondary N) is 2. The molecule has 0 aromatic heterocycles. The van der Waals surface area contributed by atoms with Crippen LogP contribution in [0.15, 0.2) is 34.2 Å². The number of carbonyl (C=O) groups is 1. The fourth-order valence-electron chi connectivity index (χ4n) is 1.75. The minimum absolute atomic E-state index is 0.0338. The second kappa shape index (κ2) is 12.9. The number of rotatable bonds is 10. The summed E-state index contributed by atoms with van der Waals surface area (Å²) in [5.74, 6) is 1.48. The lowest BCUT2D eigenvalue weighted by Gasteiger charge is -2.13. The van der Waals surface area contributed by atoms with Crippen molar-refractivity contribution >= 4 is 35.2 Å². The Balaban J connectivity index is 2.41. The van der Waals surface area contributed by atoms with Crippen LogP contribution in [0.25, 0.3) is 0 Å². The number of aliphatic imine (C=N–C) groups is 1. The third-order valence-electron chi connectivity index (χ3n) is 3.17. The van der Waals surface area contributed by atoms with Crippen molar-refractivity contribution in [1.82, 2.24) is 15.5 Å². The standard InChI is InChI=1S/C17H27ClN4O2S/c1-22(2)16(23)13-21-17(19-9-4-11-24-3)20-10-12-25-15-7-5-14(18)6-8-15/h5-8H,4,9-13H2,1-3H3,(H2,19,20,21). The van der Waals surface area contributed by atoms with Crippen LogP contribution >= 0.6 is 23.4 Å². The van der Waals surface area contributed by atoms with Gasteiger partial charge in [0.25, 0.3) is 0 Å². The molecule has 25 heavy (non-hydrogen) atoms. The molecule has 1 aromatic carbocycles. The van der Waals surface area contributed by atoms with E-state index in [1.165, 1.54) is 9.80 Å². The number of methoxy groups -OCH3 is 1. The van der Waals surface area contributed by atoms with E-state index >= 15 is 0 Å². The summed E-state index contributed by atoms with van der Waals surface area (Å²) < 4.78 is 5.04. The molecule has 0 saturated carbocycles. The molecule has 0 saturated heterocycles. The van der Waals surface area contributed by atoms with E-state index in [-0.39, 0.29) is 12.5 Å². The monoisotopic (exact) mass is 386 g/mol. The maximum atomic E-state index is 11.7. The van der Waals surface area contributed by atoms with Crippen LogP contribution in [-0.4, -0.2) is 70.0 Å². The highest BCUT2D eigenvalue weighted by Gasteiger charge is 2.04. The van der Waals surface area contributed by atoms with Gasteiger partial charge in [-0.3, -0.25) is 4.79 Å². The number of hydrogen-bond donors (Lipinski definition) is 2. The molecule has 140 valence electrons. The quantitative estimate of drug-likeness (QED) is 0.279. The Hall–Kier alpha value is -1.44. The van der Waals surface area contributed by atoms with Crippen LogP contribution in [0, 0.1) is 0 Å². The third-order valence-corrected chi connectivity index (χ3v) is 4.43. The van der Waals surface area contributed by atoms with E-state index in [1.807, 2.05) is 24.3 Å². The molecule has 1 rings (SSSR count). The Morgan fingerprint density at radius 1 is 1.24 bits per heavy atom. The number of nitrogens with zero attached hydrogens (tertiary/aromatic N) is 2. The number of ether oxygens (including phenoxy) is 1. The number of benzene rings is 1. The van der Waals surface area contributed by atoms with E-state index < -0.39 is 0 Å². The highest BCUT2D eigenvalue weighted by Crippen LogP contribution is 2.19. The predicted octanol–water partition coefficient (Wildman–Crippen LogP) is 2.09. The lowest BCUT2D eigenvalue weighted by Crippen LogP contribution is -2.40. The average Bonchev–Trinajstić information content (AvgIpc) is 2.60. The molecule has 0 unspecified atom stereocenters. The molecule has 2 N–H and O–H groups in total. The molecule has 0 radical (unpaired) electrons. The average molecular weight is 387 g/mol. The SMILES string of the molecule is COCCCNC(=NCC(=O)N(C)C)NCCSc1ccc(Cl)cc1. The highest BCUT2D eigenvalue weighted by molar-refractivity contribution is 7.99. The van der Waals surface area contributed by atoms with Crippen molar-refractivity contribution in [2.45, 2.75) is 11.3 Å². The van der Waals surface area contributed by atoms with E-state index in [2.05, 4.69) is 15.6 Å². The Kier molecular flexibility index (Phi) is 11.1. The zero-order valence-electron chi connectivity index (χ0n) is 15.0. The van der Waals surface area contributed by atoms with Crippen molar-refractivity contribution in [2.24, 2.45) is 4.99 Å². The van der Waals surface area contributed by atoms with Crippen molar-refractivity contribution in [2.75, 3.05) is 53.2 Å². The fourth-order valence-corrected chi connectivity index (χ4v) is 2.65. The van der Waals surface area contributed by atoms with E-state index in [1.54, 1.807) is 33.0 Å². The molecular weight excluding hydrogens is 360 g/mol. The first-order valence-corrected chi connectivity index (χ1v) is 9.49. The van der Waals surface area contributed by atoms with Crippen molar-refractivity contribution in [3.05, 3.63) is 29.3 Å². The van der Waals surface area contributed by atoms with Crippen molar-refractivity contribution in [3.63, 3.8) is 0 Å². The van der Waals surface area contributed by atoms with Gasteiger partial charge in [0.05, 0.1) is 0 Å². The van der Waals surface area contributed by atoms with Crippen molar-refractivity contribution in [1.29, 1.82) is 0 Å². The summed E-state index contributed by atoms with van der Waals surface area (Å²) in [5, 5.41) is 7.21. The number of halogens is 1. The summed E-state index contributed by atoms with van der Waals surface area (Å²) in [4.78, 5) is 18.7. The van der Waals surface area contributed by atoms with Crippen LogP contribution in [0.1, 0.15) is 6.42 Å². The molecule has 0 aliphatic heterocycles. The van der Waals surface area contributed by atoms with Crippen molar-refractivity contribution in [3.8, 4) is 0 Å². The second-order valence-corrected chi connectivity index (χ2v) is 7.06. The van der Waals surface area contributed by atoms with E-state index in [9.17, 15) is 4.79 Å². The molecule has 0 atom stereocenters. The lowest BCUT2D eigenvalue weighted by molar-refractivity contribution is -0.127. The maximum Gasteiger partial charge on any atom is 0.243 e. The van der Waals surface area contributed by atoms with E-state index in [0.717, 1.165) is 30.3 Å². The minimum Gasteiger partial charge on any atom is -0.385 e. The summed E-state index contributed by atoms with van der Waals surface area (Å²) in [6, 6.07) is 7.77. The predicted molar refractivity (Wildman–Crippen MR) is 106 cm³/mol. The van der Waals surface area contributed by atoms with E-state index in [0.29, 0.717) is 12.6 Å². The number of thioether (sulfide) groups is 1. The number of likely N-dealkylation sites (N-methyl/N-ethyl adjacent to an activating group) is 1. The van der Waals surface area contributed by atoms with Crippen LogP contribution in [-0.2, 0) is 9.53 Å².